The lowest BCUT2D eigenvalue weighted by Gasteiger charge is -2.40. The van der Waals surface area contributed by atoms with E-state index in [0.717, 1.165) is 5.56 Å². The molecule has 7 heteroatoms. The van der Waals surface area contributed by atoms with Gasteiger partial charge in [0.2, 0.25) is 0 Å². The van der Waals surface area contributed by atoms with Crippen LogP contribution < -0.4 is 10.1 Å². The lowest BCUT2D eigenvalue weighted by Crippen LogP contribution is -2.52. The lowest BCUT2D eigenvalue weighted by atomic mass is 9.87. The van der Waals surface area contributed by atoms with E-state index in [-0.39, 0.29) is 22.8 Å². The first-order valence-electron chi connectivity index (χ1n) is 6.17. The van der Waals surface area contributed by atoms with Crippen molar-refractivity contribution in [1.82, 2.24) is 5.32 Å². The van der Waals surface area contributed by atoms with Crippen molar-refractivity contribution in [2.45, 2.75) is 13.2 Å². The predicted molar refractivity (Wildman–Crippen MR) is 70.1 cm³/mol. The van der Waals surface area contributed by atoms with Gasteiger partial charge in [-0.15, -0.1) is 0 Å². The van der Waals surface area contributed by atoms with Crippen LogP contribution in [0, 0.1) is 5.41 Å². The Labute approximate surface area is 120 Å². The highest BCUT2D eigenvalue weighted by Crippen LogP contribution is 2.28. The van der Waals surface area contributed by atoms with Crippen LogP contribution in [0.1, 0.15) is 5.56 Å². The van der Waals surface area contributed by atoms with Crippen molar-refractivity contribution in [3.8, 4) is 5.75 Å². The maximum absolute atomic E-state index is 12.1. The highest BCUT2D eigenvalue weighted by Gasteiger charge is 2.37. The molecule has 1 aliphatic rings. The summed E-state index contributed by atoms with van der Waals surface area (Å²) in [6, 6.07) is 4.66. The number of rotatable bonds is 7. The van der Waals surface area contributed by atoms with Crippen LogP contribution in [0.5, 0.6) is 5.75 Å². The quantitative estimate of drug-likeness (QED) is 0.809. The van der Waals surface area contributed by atoms with Crippen LogP contribution in [0.25, 0.3) is 0 Å². The van der Waals surface area contributed by atoms with E-state index >= 15 is 0 Å². The predicted octanol–water partition coefficient (Wildman–Crippen LogP) is 2.04. The van der Waals surface area contributed by atoms with E-state index in [4.69, 9.17) is 16.3 Å². The number of hydrogen-bond acceptors (Lipinski definition) is 4. The summed E-state index contributed by atoms with van der Waals surface area (Å²) in [5, 5.41) is 12.6. The maximum Gasteiger partial charge on any atom is 0.387 e. The molecule has 2 rings (SSSR count). The number of aliphatic hydroxyl groups is 1. The molecule has 1 aromatic rings. The minimum absolute atomic E-state index is 0.0374. The summed E-state index contributed by atoms with van der Waals surface area (Å²) in [5.74, 6) is -0.0374. The summed E-state index contributed by atoms with van der Waals surface area (Å²) < 4.78 is 33.5. The van der Waals surface area contributed by atoms with Gasteiger partial charge in [-0.3, -0.25) is 0 Å². The third-order valence-corrected chi connectivity index (χ3v) is 3.49. The van der Waals surface area contributed by atoms with E-state index in [0.29, 0.717) is 26.3 Å². The van der Waals surface area contributed by atoms with Crippen molar-refractivity contribution in [1.29, 1.82) is 0 Å². The molecule has 1 heterocycles. The Bertz CT molecular complexity index is 450. The second-order valence-electron chi connectivity index (χ2n) is 4.90. The van der Waals surface area contributed by atoms with E-state index in [1.54, 1.807) is 12.1 Å². The molecule has 2 N–H and O–H groups in total. The Balaban J connectivity index is 1.85. The Hall–Kier alpha value is -0.950. The highest BCUT2D eigenvalue weighted by atomic mass is 35.5. The van der Waals surface area contributed by atoms with Crippen LogP contribution in [-0.4, -0.2) is 38.1 Å². The number of halogens is 3. The summed E-state index contributed by atoms with van der Waals surface area (Å²) in [7, 11) is 0. The van der Waals surface area contributed by atoms with Gasteiger partial charge in [0.15, 0.2) is 0 Å². The molecule has 20 heavy (non-hydrogen) atoms. The molecule has 0 spiro atoms. The van der Waals surface area contributed by atoms with Crippen molar-refractivity contribution in [2.24, 2.45) is 5.41 Å². The molecule has 0 saturated carbocycles. The van der Waals surface area contributed by atoms with Crippen LogP contribution in [0.3, 0.4) is 0 Å². The Morgan fingerprint density at radius 2 is 2.20 bits per heavy atom. The molecular formula is C13H16ClF2NO3. The van der Waals surface area contributed by atoms with Gasteiger partial charge in [-0.2, -0.15) is 8.78 Å². The van der Waals surface area contributed by atoms with E-state index in [2.05, 4.69) is 10.1 Å². The summed E-state index contributed by atoms with van der Waals surface area (Å²) in [6.45, 7) is -0.592. The van der Waals surface area contributed by atoms with Crippen LogP contribution in [0.15, 0.2) is 18.2 Å². The van der Waals surface area contributed by atoms with Gasteiger partial charge in [0, 0.05) is 13.1 Å². The molecule has 112 valence electrons. The molecule has 1 aliphatic heterocycles. The number of ether oxygens (including phenoxy) is 2. The summed E-state index contributed by atoms with van der Waals surface area (Å²) in [6.07, 6.45) is 0. The smallest absolute Gasteiger partial charge is 0.387 e. The molecule has 0 amide bonds. The van der Waals surface area contributed by atoms with E-state index in [1.165, 1.54) is 6.07 Å². The van der Waals surface area contributed by atoms with Crippen molar-refractivity contribution < 1.29 is 23.4 Å². The average molecular weight is 308 g/mol. The molecule has 0 aliphatic carbocycles. The van der Waals surface area contributed by atoms with Gasteiger partial charge >= 0.3 is 6.61 Å². The number of aliphatic hydroxyl groups excluding tert-OH is 1. The van der Waals surface area contributed by atoms with Crippen molar-refractivity contribution >= 4 is 11.6 Å². The average Bonchev–Trinajstić information content (AvgIpc) is 2.35. The molecule has 0 atom stereocenters. The van der Waals surface area contributed by atoms with Gasteiger partial charge in [-0.25, -0.2) is 0 Å². The fraction of sp³-hybridized carbons (Fsp3) is 0.538. The zero-order valence-corrected chi connectivity index (χ0v) is 11.5. The van der Waals surface area contributed by atoms with Crippen LogP contribution in [0.4, 0.5) is 8.78 Å². The monoisotopic (exact) mass is 307 g/mol. The molecule has 1 fully saturated rings. The van der Waals surface area contributed by atoms with Crippen LogP contribution >= 0.6 is 11.6 Å². The van der Waals surface area contributed by atoms with Crippen molar-refractivity contribution in [3.05, 3.63) is 28.8 Å². The van der Waals surface area contributed by atoms with E-state index in [1.807, 2.05) is 0 Å². The topological polar surface area (TPSA) is 50.7 Å². The van der Waals surface area contributed by atoms with Gasteiger partial charge in [0.05, 0.1) is 30.3 Å². The van der Waals surface area contributed by atoms with Gasteiger partial charge in [-0.05, 0) is 17.7 Å². The summed E-state index contributed by atoms with van der Waals surface area (Å²) in [4.78, 5) is 0. The molecule has 0 unspecified atom stereocenters. The SMILES string of the molecule is OCC1(CNCc2ccc(OC(F)F)c(Cl)c2)COC1. The molecular weight excluding hydrogens is 292 g/mol. The fourth-order valence-corrected chi connectivity index (χ4v) is 2.21. The second-order valence-corrected chi connectivity index (χ2v) is 5.30. The first-order chi connectivity index (χ1) is 9.54. The molecule has 1 aromatic carbocycles. The number of hydrogen-bond donors (Lipinski definition) is 2. The van der Waals surface area contributed by atoms with Crippen LogP contribution in [0.2, 0.25) is 5.02 Å². The summed E-state index contributed by atoms with van der Waals surface area (Å²) >= 11 is 5.86. The van der Waals surface area contributed by atoms with E-state index in [9.17, 15) is 13.9 Å². The van der Waals surface area contributed by atoms with Crippen molar-refractivity contribution in [3.63, 3.8) is 0 Å². The fourth-order valence-electron chi connectivity index (χ4n) is 1.96. The molecule has 0 radical (unpaired) electrons. The first kappa shape index (κ1) is 15.4. The second kappa shape index (κ2) is 6.67. The maximum atomic E-state index is 12.1. The number of alkyl halides is 2. The largest absolute Gasteiger partial charge is 0.433 e. The van der Waals surface area contributed by atoms with Crippen molar-refractivity contribution in [2.75, 3.05) is 26.4 Å². The van der Waals surface area contributed by atoms with Gasteiger partial charge in [-0.1, -0.05) is 17.7 Å². The minimum atomic E-state index is -2.89. The minimum Gasteiger partial charge on any atom is -0.433 e. The third-order valence-electron chi connectivity index (χ3n) is 3.19. The Kier molecular flexibility index (Phi) is 5.15. The van der Waals surface area contributed by atoms with Gasteiger partial charge in [0.1, 0.15) is 5.75 Å². The molecule has 1 saturated heterocycles. The number of nitrogens with one attached hydrogen (secondary N) is 1. The zero-order valence-electron chi connectivity index (χ0n) is 10.7. The molecule has 0 bridgehead atoms. The normalized spacial score (nSPS) is 17.1. The van der Waals surface area contributed by atoms with E-state index < -0.39 is 6.61 Å². The standard InChI is InChI=1S/C13H16ClF2NO3/c14-10-3-9(1-2-11(10)20-12(15)16)4-17-5-13(6-18)7-19-8-13/h1-3,12,17-18H,4-8H2. The van der Waals surface area contributed by atoms with Crippen LogP contribution in [-0.2, 0) is 11.3 Å². The summed E-state index contributed by atoms with van der Waals surface area (Å²) in [5.41, 5.74) is 0.646. The highest BCUT2D eigenvalue weighted by molar-refractivity contribution is 6.32. The van der Waals surface area contributed by atoms with Gasteiger partial charge < -0.3 is 19.9 Å². The van der Waals surface area contributed by atoms with Gasteiger partial charge in [0.25, 0.3) is 0 Å². The zero-order chi connectivity index (χ0) is 14.6. The Morgan fingerprint density at radius 1 is 1.45 bits per heavy atom. The number of benzene rings is 1. The molecule has 4 nitrogen and oxygen atoms in total. The first-order valence-corrected chi connectivity index (χ1v) is 6.55. The third kappa shape index (κ3) is 3.79. The Morgan fingerprint density at radius 3 is 2.70 bits per heavy atom. The lowest BCUT2D eigenvalue weighted by molar-refractivity contribution is -0.134. The molecule has 0 aromatic heterocycles.